The van der Waals surface area contributed by atoms with E-state index in [0.29, 0.717) is 0 Å². The number of rotatable bonds is 1. The minimum absolute atomic E-state index is 0.445. The van der Waals surface area contributed by atoms with Crippen LogP contribution >= 0.6 is 0 Å². The SMILES string of the molecule is O=C1N[C@@H]2[C@H](O1)O[C@H](CO)[C@H](O)[C@@H]2O. The Morgan fingerprint density at radius 1 is 1.36 bits per heavy atom. The van der Waals surface area contributed by atoms with Crippen LogP contribution in [0.5, 0.6) is 0 Å². The van der Waals surface area contributed by atoms with Gasteiger partial charge < -0.3 is 30.1 Å². The summed E-state index contributed by atoms with van der Waals surface area (Å²) in [5, 5.41) is 30.1. The number of amides is 1. The second-order valence-corrected chi connectivity index (χ2v) is 3.28. The summed E-state index contributed by atoms with van der Waals surface area (Å²) in [5.41, 5.74) is 0. The van der Waals surface area contributed by atoms with Gasteiger partial charge in [0.25, 0.3) is 0 Å². The molecular formula is C7H11NO6. The average molecular weight is 205 g/mol. The van der Waals surface area contributed by atoms with Crippen LogP contribution in [0.25, 0.3) is 0 Å². The highest BCUT2D eigenvalue weighted by Gasteiger charge is 2.50. The van der Waals surface area contributed by atoms with Crippen molar-refractivity contribution in [3.8, 4) is 0 Å². The molecular weight excluding hydrogens is 194 g/mol. The predicted octanol–water partition coefficient (Wildman–Crippen LogP) is -2.47. The average Bonchev–Trinajstić information content (AvgIpc) is 2.52. The Balaban J connectivity index is 2.13. The zero-order chi connectivity index (χ0) is 10.3. The summed E-state index contributed by atoms with van der Waals surface area (Å²) in [4.78, 5) is 10.8. The topological polar surface area (TPSA) is 108 Å². The third-order valence-electron chi connectivity index (χ3n) is 2.39. The number of ether oxygens (including phenoxy) is 2. The molecule has 0 aromatic heterocycles. The van der Waals surface area contributed by atoms with E-state index in [1.807, 2.05) is 0 Å². The van der Waals surface area contributed by atoms with Gasteiger partial charge in [-0.2, -0.15) is 0 Å². The summed E-state index contributed by atoms with van der Waals surface area (Å²) in [6.45, 7) is -0.445. The molecule has 0 unspecified atom stereocenters. The van der Waals surface area contributed by atoms with Gasteiger partial charge in [-0.25, -0.2) is 4.79 Å². The van der Waals surface area contributed by atoms with E-state index in [2.05, 4.69) is 10.1 Å². The molecule has 2 heterocycles. The van der Waals surface area contributed by atoms with Crippen molar-refractivity contribution in [3.63, 3.8) is 0 Å². The number of hydrogen-bond acceptors (Lipinski definition) is 6. The highest BCUT2D eigenvalue weighted by Crippen LogP contribution is 2.25. The molecule has 0 radical (unpaired) electrons. The third kappa shape index (κ3) is 1.34. The van der Waals surface area contributed by atoms with Crippen LogP contribution in [0.3, 0.4) is 0 Å². The summed E-state index contributed by atoms with van der Waals surface area (Å²) >= 11 is 0. The number of hydrogen-bond donors (Lipinski definition) is 4. The van der Waals surface area contributed by atoms with E-state index in [-0.39, 0.29) is 0 Å². The minimum atomic E-state index is -1.23. The van der Waals surface area contributed by atoms with Crippen molar-refractivity contribution in [2.75, 3.05) is 6.61 Å². The molecule has 2 aliphatic heterocycles. The van der Waals surface area contributed by atoms with E-state index >= 15 is 0 Å². The molecule has 7 heteroatoms. The quantitative estimate of drug-likeness (QED) is 0.378. The van der Waals surface area contributed by atoms with Crippen molar-refractivity contribution in [3.05, 3.63) is 0 Å². The highest BCUT2D eigenvalue weighted by atomic mass is 16.7. The van der Waals surface area contributed by atoms with Gasteiger partial charge in [0.15, 0.2) is 0 Å². The standard InChI is InChI=1S/C7H11NO6/c9-1-2-4(10)5(11)3-6(13-2)14-7(12)8-3/h2-6,9-11H,1H2,(H,8,12)/t2-,3+,4+,5-,6+/m1/s1. The second-order valence-electron chi connectivity index (χ2n) is 3.28. The third-order valence-corrected chi connectivity index (χ3v) is 2.39. The maximum Gasteiger partial charge on any atom is 0.410 e. The van der Waals surface area contributed by atoms with Crippen LogP contribution in [0, 0.1) is 0 Å². The fourth-order valence-electron chi connectivity index (χ4n) is 1.61. The molecule has 2 fully saturated rings. The maximum absolute atomic E-state index is 10.8. The maximum atomic E-state index is 10.8. The summed E-state index contributed by atoms with van der Waals surface area (Å²) in [7, 11) is 0. The lowest BCUT2D eigenvalue weighted by atomic mass is 9.98. The molecule has 2 rings (SSSR count). The molecule has 0 aromatic rings. The Hall–Kier alpha value is -0.890. The first-order valence-corrected chi connectivity index (χ1v) is 4.23. The van der Waals surface area contributed by atoms with Crippen molar-refractivity contribution < 1.29 is 29.6 Å². The van der Waals surface area contributed by atoms with Crippen LogP contribution in [-0.4, -0.2) is 58.7 Å². The summed E-state index contributed by atoms with van der Waals surface area (Å²) in [6, 6.07) is -0.778. The van der Waals surface area contributed by atoms with Crippen molar-refractivity contribution in [1.82, 2.24) is 5.32 Å². The fraction of sp³-hybridized carbons (Fsp3) is 0.857. The van der Waals surface area contributed by atoms with Crippen LogP contribution in [0.2, 0.25) is 0 Å². The first-order valence-electron chi connectivity index (χ1n) is 4.23. The largest absolute Gasteiger partial charge is 0.417 e. The van der Waals surface area contributed by atoms with Crippen molar-refractivity contribution in [2.24, 2.45) is 0 Å². The number of aliphatic hydroxyl groups is 3. The Kier molecular flexibility index (Phi) is 2.31. The molecule has 0 saturated carbocycles. The first-order chi connectivity index (χ1) is 6.63. The summed E-state index contributed by atoms with van der Waals surface area (Å²) < 4.78 is 9.71. The first kappa shape index (κ1) is 9.66. The number of nitrogens with one attached hydrogen (secondary N) is 1. The lowest BCUT2D eigenvalue weighted by Gasteiger charge is -2.36. The van der Waals surface area contributed by atoms with E-state index in [1.165, 1.54) is 0 Å². The minimum Gasteiger partial charge on any atom is -0.417 e. The summed E-state index contributed by atoms with van der Waals surface area (Å²) in [5.74, 6) is 0. The second kappa shape index (κ2) is 3.35. The van der Waals surface area contributed by atoms with E-state index in [1.54, 1.807) is 0 Å². The lowest BCUT2D eigenvalue weighted by Crippen LogP contribution is -2.60. The molecule has 5 atom stereocenters. The van der Waals surface area contributed by atoms with Crippen molar-refractivity contribution >= 4 is 6.09 Å². The van der Waals surface area contributed by atoms with Gasteiger partial charge in [-0.05, 0) is 0 Å². The Morgan fingerprint density at radius 3 is 2.71 bits per heavy atom. The van der Waals surface area contributed by atoms with Gasteiger partial charge in [0, 0.05) is 0 Å². The number of carbonyl (C=O) groups is 1. The molecule has 2 saturated heterocycles. The van der Waals surface area contributed by atoms with E-state index in [9.17, 15) is 15.0 Å². The van der Waals surface area contributed by atoms with Gasteiger partial charge in [0.05, 0.1) is 6.61 Å². The zero-order valence-corrected chi connectivity index (χ0v) is 7.16. The molecule has 14 heavy (non-hydrogen) atoms. The van der Waals surface area contributed by atoms with Gasteiger partial charge in [0.1, 0.15) is 24.4 Å². The van der Waals surface area contributed by atoms with Crippen molar-refractivity contribution in [1.29, 1.82) is 0 Å². The predicted molar refractivity (Wildman–Crippen MR) is 41.2 cm³/mol. The van der Waals surface area contributed by atoms with Gasteiger partial charge in [-0.3, -0.25) is 0 Å². The molecule has 7 nitrogen and oxygen atoms in total. The number of carbonyl (C=O) groups excluding carboxylic acids is 1. The van der Waals surface area contributed by atoms with Crippen LogP contribution in [0.4, 0.5) is 4.79 Å². The monoisotopic (exact) mass is 205 g/mol. The summed E-state index contributed by atoms with van der Waals surface area (Å²) in [6.07, 6.45) is -5.01. The normalized spacial score (nSPS) is 46.8. The van der Waals surface area contributed by atoms with Crippen LogP contribution in [0.15, 0.2) is 0 Å². The number of alkyl carbamates (subject to hydrolysis) is 1. The van der Waals surface area contributed by atoms with E-state index in [0.717, 1.165) is 0 Å². The van der Waals surface area contributed by atoms with Crippen LogP contribution in [-0.2, 0) is 9.47 Å². The molecule has 80 valence electrons. The van der Waals surface area contributed by atoms with Gasteiger partial charge >= 0.3 is 6.09 Å². The van der Waals surface area contributed by atoms with Crippen molar-refractivity contribution in [2.45, 2.75) is 30.6 Å². The molecule has 0 aromatic carbocycles. The molecule has 2 aliphatic rings. The number of fused-ring (bicyclic) bond motifs is 1. The zero-order valence-electron chi connectivity index (χ0n) is 7.16. The Bertz CT molecular complexity index is 246. The fourth-order valence-corrected chi connectivity index (χ4v) is 1.61. The lowest BCUT2D eigenvalue weighted by molar-refractivity contribution is -0.234. The van der Waals surface area contributed by atoms with E-state index < -0.39 is 43.3 Å². The smallest absolute Gasteiger partial charge is 0.410 e. The van der Waals surface area contributed by atoms with Gasteiger partial charge in [0.2, 0.25) is 6.29 Å². The van der Waals surface area contributed by atoms with Crippen LogP contribution < -0.4 is 5.32 Å². The molecule has 0 bridgehead atoms. The molecule has 0 aliphatic carbocycles. The molecule has 0 spiro atoms. The Labute approximate surface area is 79.2 Å². The Morgan fingerprint density at radius 2 is 2.07 bits per heavy atom. The highest BCUT2D eigenvalue weighted by molar-refractivity contribution is 5.70. The number of aliphatic hydroxyl groups excluding tert-OH is 3. The van der Waals surface area contributed by atoms with Gasteiger partial charge in [-0.15, -0.1) is 0 Å². The van der Waals surface area contributed by atoms with Gasteiger partial charge in [-0.1, -0.05) is 0 Å². The molecule has 4 N–H and O–H groups in total. The van der Waals surface area contributed by atoms with Crippen LogP contribution in [0.1, 0.15) is 0 Å². The van der Waals surface area contributed by atoms with E-state index in [4.69, 9.17) is 9.84 Å². The molecule has 1 amide bonds.